The topological polar surface area (TPSA) is 69.7 Å². The van der Waals surface area contributed by atoms with Crippen molar-refractivity contribution in [1.82, 2.24) is 0 Å². The number of benzene rings is 3. The first-order valence-electron chi connectivity index (χ1n) is 14.6. The fourth-order valence-corrected chi connectivity index (χ4v) is 4.68. The Hall–Kier alpha value is -4.33. The van der Waals surface area contributed by atoms with E-state index >= 15 is 0 Å². The summed E-state index contributed by atoms with van der Waals surface area (Å²) >= 11 is 0. The highest BCUT2D eigenvalue weighted by atomic mass is 19.4. The molecule has 5 rings (SSSR count). The van der Waals surface area contributed by atoms with Crippen molar-refractivity contribution < 1.29 is 26.7 Å². The molecule has 5 aromatic rings. The third-order valence-electron chi connectivity index (χ3n) is 6.96. The Morgan fingerprint density at radius 3 is 2.07 bits per heavy atom. The van der Waals surface area contributed by atoms with E-state index in [1.807, 2.05) is 66.7 Å². The third-order valence-corrected chi connectivity index (χ3v) is 6.96. The maximum atomic E-state index is 12.3. The van der Waals surface area contributed by atoms with E-state index in [1.54, 1.807) is 18.2 Å². The summed E-state index contributed by atoms with van der Waals surface area (Å²) in [5.74, 6) is 0.646. The minimum absolute atomic E-state index is 0.209. The predicted octanol–water partition coefficient (Wildman–Crippen LogP) is 9.39. The molecule has 0 saturated carbocycles. The zero-order chi connectivity index (χ0) is 30.5. The van der Waals surface area contributed by atoms with Crippen molar-refractivity contribution in [3.8, 4) is 5.75 Å². The molecule has 0 radical (unpaired) electrons. The van der Waals surface area contributed by atoms with Gasteiger partial charge in [-0.25, -0.2) is 9.59 Å². The smallest absolute Gasteiger partial charge is 0.389 e. The number of unbranched alkanes of at least 4 members (excludes halogenated alkanes) is 6. The van der Waals surface area contributed by atoms with Gasteiger partial charge in [-0.1, -0.05) is 80.6 Å². The van der Waals surface area contributed by atoms with Gasteiger partial charge in [-0.3, -0.25) is 0 Å². The molecule has 0 fully saturated rings. The summed E-state index contributed by atoms with van der Waals surface area (Å²) in [5.41, 5.74) is 2.23. The van der Waals surface area contributed by atoms with E-state index in [9.17, 15) is 22.8 Å². The van der Waals surface area contributed by atoms with E-state index in [0.29, 0.717) is 41.9 Å². The first kappa shape index (κ1) is 31.6. The Morgan fingerprint density at radius 1 is 0.628 bits per heavy atom. The number of hydrogen-bond donors (Lipinski definition) is 0. The summed E-state index contributed by atoms with van der Waals surface area (Å²) in [6.07, 6.45) is 1.25. The molecule has 43 heavy (non-hydrogen) atoms. The molecule has 0 amide bonds. The number of halogens is 3. The number of aryl methyl sites for hydroxylation is 1. The summed E-state index contributed by atoms with van der Waals surface area (Å²) in [6, 6.07) is 27.8. The minimum Gasteiger partial charge on any atom is -0.489 e. The lowest BCUT2D eigenvalue weighted by molar-refractivity contribution is -0.135. The molecule has 0 aliphatic rings. The summed E-state index contributed by atoms with van der Waals surface area (Å²) in [6.45, 7) is 0.441. The highest BCUT2D eigenvalue weighted by Crippen LogP contribution is 2.24. The van der Waals surface area contributed by atoms with Gasteiger partial charge in [-0.2, -0.15) is 13.2 Å². The molecule has 5 nitrogen and oxygen atoms in total. The zero-order valence-electron chi connectivity index (χ0n) is 23.9. The maximum absolute atomic E-state index is 12.3. The van der Waals surface area contributed by atoms with Crippen molar-refractivity contribution >= 4 is 21.9 Å². The molecule has 0 aliphatic heterocycles. The Balaban J connectivity index is 0.000000319. The van der Waals surface area contributed by atoms with Crippen molar-refractivity contribution in [2.75, 3.05) is 0 Å². The molecule has 0 unspecified atom stereocenters. The van der Waals surface area contributed by atoms with Gasteiger partial charge in [-0.15, -0.1) is 0 Å². The van der Waals surface area contributed by atoms with Crippen LogP contribution in [0.2, 0.25) is 0 Å². The number of alkyl halides is 3. The molecule has 0 bridgehead atoms. The Kier molecular flexibility index (Phi) is 11.6. The number of para-hydroxylation sites is 1. The highest BCUT2D eigenvalue weighted by molar-refractivity contribution is 5.78. The van der Waals surface area contributed by atoms with Crippen molar-refractivity contribution in [3.63, 3.8) is 0 Å². The summed E-state index contributed by atoms with van der Waals surface area (Å²) in [7, 11) is 0. The normalized spacial score (nSPS) is 11.3. The van der Waals surface area contributed by atoms with E-state index < -0.39 is 12.6 Å². The molecule has 0 aliphatic carbocycles. The van der Waals surface area contributed by atoms with E-state index in [2.05, 4.69) is 0 Å². The van der Waals surface area contributed by atoms with Gasteiger partial charge in [0.2, 0.25) is 0 Å². The molecule has 0 N–H and O–H groups in total. The van der Waals surface area contributed by atoms with Gasteiger partial charge in [0, 0.05) is 34.9 Å². The van der Waals surface area contributed by atoms with Gasteiger partial charge >= 0.3 is 17.4 Å². The van der Waals surface area contributed by atoms with Gasteiger partial charge in [0.1, 0.15) is 23.5 Å². The van der Waals surface area contributed by atoms with Crippen molar-refractivity contribution in [3.05, 3.63) is 123 Å². The van der Waals surface area contributed by atoms with Crippen LogP contribution in [0.1, 0.15) is 62.5 Å². The monoisotopic (exact) mass is 592 g/mol. The second-order valence-corrected chi connectivity index (χ2v) is 10.4. The van der Waals surface area contributed by atoms with Crippen LogP contribution in [-0.4, -0.2) is 6.18 Å². The first-order valence-corrected chi connectivity index (χ1v) is 14.6. The fraction of sp³-hybridized carbons (Fsp3) is 0.314. The van der Waals surface area contributed by atoms with Crippen LogP contribution in [-0.2, 0) is 13.0 Å². The number of ether oxygens (including phenoxy) is 1. The first-order chi connectivity index (χ1) is 20.8. The van der Waals surface area contributed by atoms with Crippen LogP contribution in [0.3, 0.4) is 0 Å². The lowest BCUT2D eigenvalue weighted by atomic mass is 10.0. The van der Waals surface area contributed by atoms with Crippen LogP contribution in [0.4, 0.5) is 13.2 Å². The molecular weight excluding hydrogens is 557 g/mol. The lowest BCUT2D eigenvalue weighted by Gasteiger charge is -2.08. The molecule has 0 spiro atoms. The lowest BCUT2D eigenvalue weighted by Crippen LogP contribution is -2.07. The Morgan fingerprint density at radius 2 is 1.30 bits per heavy atom. The molecule has 0 atom stereocenters. The molecule has 3 aromatic carbocycles. The molecule has 8 heteroatoms. The quantitative estimate of drug-likeness (QED) is 0.107. The highest BCUT2D eigenvalue weighted by Gasteiger charge is 2.25. The van der Waals surface area contributed by atoms with Gasteiger partial charge in [0.25, 0.3) is 0 Å². The van der Waals surface area contributed by atoms with Crippen LogP contribution in [0.25, 0.3) is 21.9 Å². The van der Waals surface area contributed by atoms with E-state index in [-0.39, 0.29) is 17.7 Å². The Bertz CT molecular complexity index is 1690. The second-order valence-electron chi connectivity index (χ2n) is 10.4. The standard InChI is InChI=1S/C26H29F3O3.C9H6O2/c27-26(28,29)16-10-5-3-1-2-4-9-13-22-17-21-14-15-23(18-24(21)32-25(22)30)31-19-20-11-7-6-8-12-20;10-9-6-5-7-3-1-2-4-8(7)11-9/h6-8,11-12,14-15,17-18H,1-5,9-10,13,16,19H2;1-6H. The number of fused-ring (bicyclic) bond motifs is 2. The van der Waals surface area contributed by atoms with Crippen LogP contribution < -0.4 is 16.0 Å². The zero-order valence-corrected chi connectivity index (χ0v) is 23.9. The van der Waals surface area contributed by atoms with E-state index in [4.69, 9.17) is 13.6 Å². The average molecular weight is 593 g/mol. The number of rotatable bonds is 12. The summed E-state index contributed by atoms with van der Waals surface area (Å²) in [4.78, 5) is 23.1. The predicted molar refractivity (Wildman–Crippen MR) is 162 cm³/mol. The number of hydrogen-bond acceptors (Lipinski definition) is 5. The third kappa shape index (κ3) is 10.8. The average Bonchev–Trinajstić information content (AvgIpc) is 2.99. The minimum atomic E-state index is -4.04. The van der Waals surface area contributed by atoms with Gasteiger partial charge in [0.05, 0.1) is 0 Å². The molecule has 0 saturated heterocycles. The molecule has 226 valence electrons. The molecule has 2 heterocycles. The van der Waals surface area contributed by atoms with Crippen LogP contribution in [0, 0.1) is 0 Å². The van der Waals surface area contributed by atoms with Crippen molar-refractivity contribution in [2.45, 2.75) is 70.6 Å². The van der Waals surface area contributed by atoms with Gasteiger partial charge in [0.15, 0.2) is 0 Å². The van der Waals surface area contributed by atoms with Gasteiger partial charge in [-0.05, 0) is 55.2 Å². The van der Waals surface area contributed by atoms with Crippen LogP contribution in [0.5, 0.6) is 5.75 Å². The van der Waals surface area contributed by atoms with Crippen molar-refractivity contribution in [1.29, 1.82) is 0 Å². The fourth-order valence-electron chi connectivity index (χ4n) is 4.68. The second kappa shape index (κ2) is 15.8. The largest absolute Gasteiger partial charge is 0.489 e. The SMILES string of the molecule is O=c1ccc2ccccc2o1.O=c1oc2cc(OCc3ccccc3)ccc2cc1CCCCCCCCCC(F)(F)F. The van der Waals surface area contributed by atoms with Crippen LogP contribution in [0.15, 0.2) is 109 Å². The summed E-state index contributed by atoms with van der Waals surface area (Å²) < 4.78 is 52.5. The molecule has 2 aromatic heterocycles. The van der Waals surface area contributed by atoms with Crippen LogP contribution >= 0.6 is 0 Å². The van der Waals surface area contributed by atoms with Crippen molar-refractivity contribution in [2.24, 2.45) is 0 Å². The van der Waals surface area contributed by atoms with E-state index in [0.717, 1.165) is 48.4 Å². The Labute approximate surface area is 247 Å². The molecular formula is C35H35F3O5. The maximum Gasteiger partial charge on any atom is 0.389 e. The summed E-state index contributed by atoms with van der Waals surface area (Å²) in [5, 5.41) is 1.81. The van der Waals surface area contributed by atoms with E-state index in [1.165, 1.54) is 6.07 Å². The van der Waals surface area contributed by atoms with Gasteiger partial charge < -0.3 is 13.6 Å².